The van der Waals surface area contributed by atoms with Crippen molar-refractivity contribution in [3.8, 4) is 5.75 Å². The van der Waals surface area contributed by atoms with Crippen molar-refractivity contribution >= 4 is 45.1 Å². The van der Waals surface area contributed by atoms with Gasteiger partial charge in [-0.05, 0) is 36.4 Å². The maximum Gasteiger partial charge on any atom is 0.255 e. The van der Waals surface area contributed by atoms with Gasteiger partial charge in [-0.2, -0.15) is 0 Å². The third-order valence-corrected chi connectivity index (χ3v) is 3.65. The van der Waals surface area contributed by atoms with Crippen LogP contribution in [-0.4, -0.2) is 19.0 Å². The van der Waals surface area contributed by atoms with Gasteiger partial charge in [-0.25, -0.2) is 0 Å². The molecule has 0 atom stereocenters. The third kappa shape index (κ3) is 3.58. The number of methoxy groups -OCH3 is 1. The zero-order valence-corrected chi connectivity index (χ0v) is 13.7. The zero-order valence-electron chi connectivity index (χ0n) is 11.4. The Kier molecular flexibility index (Phi) is 5.05. The number of hydrogen-bond donors (Lipinski definition) is 1. The van der Waals surface area contributed by atoms with Gasteiger partial charge in [0, 0.05) is 15.6 Å². The Hall–Kier alpha value is -2.05. The van der Waals surface area contributed by atoms with Crippen LogP contribution in [0.4, 0.5) is 5.69 Å². The van der Waals surface area contributed by atoms with Crippen LogP contribution < -0.4 is 15.2 Å². The van der Waals surface area contributed by atoms with Crippen molar-refractivity contribution in [3.05, 3.63) is 57.0 Å². The van der Waals surface area contributed by atoms with E-state index in [0.717, 1.165) is 0 Å². The van der Waals surface area contributed by atoms with Crippen LogP contribution in [0.2, 0.25) is 5.02 Å². The van der Waals surface area contributed by atoms with E-state index >= 15 is 0 Å². The highest BCUT2D eigenvalue weighted by atomic mass is 79.9. The average Bonchev–Trinajstić information content (AvgIpc) is 2.48. The number of amides is 1. The van der Waals surface area contributed by atoms with E-state index in [9.17, 15) is 14.7 Å². The number of nitrogens with one attached hydrogen (secondary N) is 1. The summed E-state index contributed by atoms with van der Waals surface area (Å²) < 4.78 is 5.57. The number of benzene rings is 2. The van der Waals surface area contributed by atoms with Crippen LogP contribution in [0, 0.1) is 0 Å². The number of halogens is 2. The van der Waals surface area contributed by atoms with Gasteiger partial charge in [0.25, 0.3) is 5.91 Å². The van der Waals surface area contributed by atoms with Crippen LogP contribution in [0.5, 0.6) is 5.75 Å². The Morgan fingerprint density at radius 2 is 1.95 bits per heavy atom. The molecule has 114 valence electrons. The zero-order chi connectivity index (χ0) is 16.3. The summed E-state index contributed by atoms with van der Waals surface area (Å²) in [6.07, 6.45) is 0. The number of carboxylic acid groups (broad SMARTS) is 1. The molecule has 0 bridgehead atoms. The van der Waals surface area contributed by atoms with Gasteiger partial charge in [-0.15, -0.1) is 0 Å². The van der Waals surface area contributed by atoms with Crippen LogP contribution in [0.3, 0.4) is 0 Å². The van der Waals surface area contributed by atoms with Gasteiger partial charge in [0.1, 0.15) is 5.75 Å². The Bertz CT molecular complexity index is 748. The molecule has 0 heterocycles. The first-order valence-electron chi connectivity index (χ1n) is 6.08. The van der Waals surface area contributed by atoms with Crippen molar-refractivity contribution in [1.29, 1.82) is 0 Å². The summed E-state index contributed by atoms with van der Waals surface area (Å²) in [5.74, 6) is -1.43. The highest BCUT2D eigenvalue weighted by Gasteiger charge is 2.12. The quantitative estimate of drug-likeness (QED) is 0.880. The molecule has 2 rings (SSSR count). The minimum absolute atomic E-state index is 0.123. The van der Waals surface area contributed by atoms with Crippen LogP contribution in [0.25, 0.3) is 0 Å². The fourth-order valence-electron chi connectivity index (χ4n) is 1.80. The molecule has 0 aliphatic heterocycles. The molecule has 7 heteroatoms. The molecule has 0 spiro atoms. The lowest BCUT2D eigenvalue weighted by Crippen LogP contribution is -2.25. The summed E-state index contributed by atoms with van der Waals surface area (Å²) in [5, 5.41) is 13.9. The second kappa shape index (κ2) is 6.81. The molecule has 22 heavy (non-hydrogen) atoms. The number of hydrogen-bond acceptors (Lipinski definition) is 4. The van der Waals surface area contributed by atoms with Crippen LogP contribution in [0.1, 0.15) is 20.7 Å². The SMILES string of the molecule is COc1ccc(C(=O)Nc2ccc(Br)cc2C(=O)[O-])cc1Cl. The van der Waals surface area contributed by atoms with E-state index in [4.69, 9.17) is 16.3 Å². The largest absolute Gasteiger partial charge is 0.545 e. The average molecular weight is 384 g/mol. The standard InChI is InChI=1S/C15H11BrClNO4/c1-22-13-5-2-8(6-11(13)17)14(19)18-12-4-3-9(16)7-10(12)15(20)21/h2-7H,1H3,(H,18,19)(H,20,21)/p-1. The first-order chi connectivity index (χ1) is 10.4. The smallest absolute Gasteiger partial charge is 0.255 e. The lowest BCUT2D eigenvalue weighted by molar-refractivity contribution is -0.254. The first kappa shape index (κ1) is 16.3. The molecule has 0 unspecified atom stereocenters. The van der Waals surface area contributed by atoms with Gasteiger partial charge in [0.05, 0.1) is 23.8 Å². The van der Waals surface area contributed by atoms with E-state index in [-0.39, 0.29) is 21.8 Å². The van der Waals surface area contributed by atoms with Crippen molar-refractivity contribution < 1.29 is 19.4 Å². The molecular formula is C15H10BrClNO4-. The minimum Gasteiger partial charge on any atom is -0.545 e. The van der Waals surface area contributed by atoms with E-state index in [1.807, 2.05) is 0 Å². The molecule has 0 radical (unpaired) electrons. The molecule has 0 aromatic heterocycles. The van der Waals surface area contributed by atoms with Gasteiger partial charge in [0.15, 0.2) is 0 Å². The van der Waals surface area contributed by atoms with E-state index < -0.39 is 11.9 Å². The number of carbonyl (C=O) groups excluding carboxylic acids is 2. The van der Waals surface area contributed by atoms with E-state index in [2.05, 4.69) is 21.2 Å². The van der Waals surface area contributed by atoms with E-state index in [0.29, 0.717) is 10.2 Å². The highest BCUT2D eigenvalue weighted by Crippen LogP contribution is 2.26. The molecule has 0 aliphatic carbocycles. The van der Waals surface area contributed by atoms with Gasteiger partial charge in [-0.3, -0.25) is 4.79 Å². The second-order valence-electron chi connectivity index (χ2n) is 4.28. The summed E-state index contributed by atoms with van der Waals surface area (Å²) in [5.41, 5.74) is 0.292. The molecule has 1 N–H and O–H groups in total. The van der Waals surface area contributed by atoms with Crippen molar-refractivity contribution in [1.82, 2.24) is 0 Å². The maximum atomic E-state index is 12.2. The molecule has 0 fully saturated rings. The molecule has 2 aromatic rings. The number of carboxylic acids is 1. The number of rotatable bonds is 4. The van der Waals surface area contributed by atoms with Crippen molar-refractivity contribution in [2.75, 3.05) is 12.4 Å². The fourth-order valence-corrected chi connectivity index (χ4v) is 2.42. The topological polar surface area (TPSA) is 78.5 Å². The molecule has 1 amide bonds. The van der Waals surface area contributed by atoms with Crippen molar-refractivity contribution in [2.45, 2.75) is 0 Å². The monoisotopic (exact) mass is 382 g/mol. The molecule has 0 saturated carbocycles. The predicted molar refractivity (Wildman–Crippen MR) is 84.4 cm³/mol. The summed E-state index contributed by atoms with van der Waals surface area (Å²) >= 11 is 9.13. The maximum absolute atomic E-state index is 12.2. The summed E-state index contributed by atoms with van der Waals surface area (Å²) in [7, 11) is 1.47. The normalized spacial score (nSPS) is 10.1. The highest BCUT2D eigenvalue weighted by molar-refractivity contribution is 9.10. The lowest BCUT2D eigenvalue weighted by atomic mass is 10.1. The number of carbonyl (C=O) groups is 2. The third-order valence-electron chi connectivity index (χ3n) is 2.86. The van der Waals surface area contributed by atoms with Crippen LogP contribution in [-0.2, 0) is 0 Å². The fraction of sp³-hybridized carbons (Fsp3) is 0.0667. The van der Waals surface area contributed by atoms with Gasteiger partial charge in [0.2, 0.25) is 0 Å². The Morgan fingerprint density at radius 3 is 2.55 bits per heavy atom. The second-order valence-corrected chi connectivity index (χ2v) is 5.60. The molecule has 0 saturated heterocycles. The van der Waals surface area contributed by atoms with E-state index in [1.165, 1.54) is 31.4 Å². The van der Waals surface area contributed by atoms with Crippen molar-refractivity contribution in [3.63, 3.8) is 0 Å². The van der Waals surface area contributed by atoms with Gasteiger partial charge < -0.3 is 20.0 Å². The van der Waals surface area contributed by atoms with Crippen LogP contribution >= 0.6 is 27.5 Å². The predicted octanol–water partition coefficient (Wildman–Crippen LogP) is 2.73. The number of anilines is 1. The van der Waals surface area contributed by atoms with Gasteiger partial charge >= 0.3 is 0 Å². The van der Waals surface area contributed by atoms with Crippen molar-refractivity contribution in [2.24, 2.45) is 0 Å². The Morgan fingerprint density at radius 1 is 1.23 bits per heavy atom. The summed E-state index contributed by atoms with van der Waals surface area (Å²) in [6.45, 7) is 0. The first-order valence-corrected chi connectivity index (χ1v) is 7.25. The van der Waals surface area contributed by atoms with E-state index in [1.54, 1.807) is 12.1 Å². The molecule has 2 aromatic carbocycles. The Balaban J connectivity index is 2.29. The lowest BCUT2D eigenvalue weighted by Gasteiger charge is -2.13. The molecular weight excluding hydrogens is 374 g/mol. The molecule has 0 aliphatic rings. The van der Waals surface area contributed by atoms with Gasteiger partial charge in [-0.1, -0.05) is 27.5 Å². The summed E-state index contributed by atoms with van der Waals surface area (Å²) in [6, 6.07) is 8.95. The molecule has 5 nitrogen and oxygen atoms in total. The number of aromatic carboxylic acids is 1. The number of ether oxygens (including phenoxy) is 1. The minimum atomic E-state index is -1.38. The van der Waals surface area contributed by atoms with Crippen LogP contribution in [0.15, 0.2) is 40.9 Å². The Labute approximate surface area is 140 Å². The summed E-state index contributed by atoms with van der Waals surface area (Å²) in [4.78, 5) is 23.3.